The smallest absolute Gasteiger partial charge is 0.335 e. The number of anilines is 1. The fourth-order valence-electron chi connectivity index (χ4n) is 1.64. The Labute approximate surface area is 118 Å². The molecule has 0 unspecified atom stereocenters. The SMILES string of the molecule is O=C(O)c1ccc(F)c(CNc2cccc(Br)c2)c1. The van der Waals surface area contributed by atoms with Gasteiger partial charge >= 0.3 is 5.97 Å². The summed E-state index contributed by atoms with van der Waals surface area (Å²) in [6.45, 7) is 0.226. The Kier molecular flexibility index (Phi) is 4.16. The topological polar surface area (TPSA) is 49.3 Å². The van der Waals surface area contributed by atoms with E-state index in [9.17, 15) is 9.18 Å². The second-order valence-corrected chi connectivity index (χ2v) is 4.89. The average Bonchev–Trinajstić information content (AvgIpc) is 2.37. The van der Waals surface area contributed by atoms with Crippen molar-refractivity contribution < 1.29 is 14.3 Å². The first kappa shape index (κ1) is 13.5. The molecule has 0 aliphatic heterocycles. The van der Waals surface area contributed by atoms with Gasteiger partial charge in [0.15, 0.2) is 0 Å². The van der Waals surface area contributed by atoms with Gasteiger partial charge in [0, 0.05) is 22.3 Å². The molecule has 0 aromatic heterocycles. The lowest BCUT2D eigenvalue weighted by atomic mass is 10.1. The molecule has 0 aliphatic carbocycles. The third-order valence-electron chi connectivity index (χ3n) is 2.60. The molecule has 2 aromatic rings. The largest absolute Gasteiger partial charge is 0.478 e. The van der Waals surface area contributed by atoms with E-state index in [-0.39, 0.29) is 12.1 Å². The Hall–Kier alpha value is -1.88. The van der Waals surface area contributed by atoms with Gasteiger partial charge in [-0.1, -0.05) is 22.0 Å². The summed E-state index contributed by atoms with van der Waals surface area (Å²) in [5.74, 6) is -1.49. The van der Waals surface area contributed by atoms with Crippen molar-refractivity contribution in [1.29, 1.82) is 0 Å². The van der Waals surface area contributed by atoms with Gasteiger partial charge in [-0.05, 0) is 36.4 Å². The normalized spacial score (nSPS) is 10.2. The summed E-state index contributed by atoms with van der Waals surface area (Å²) in [7, 11) is 0. The predicted molar refractivity (Wildman–Crippen MR) is 74.8 cm³/mol. The van der Waals surface area contributed by atoms with Gasteiger partial charge in [-0.3, -0.25) is 0 Å². The van der Waals surface area contributed by atoms with Crippen molar-refractivity contribution in [2.24, 2.45) is 0 Å². The molecule has 98 valence electrons. The van der Waals surface area contributed by atoms with Gasteiger partial charge < -0.3 is 10.4 Å². The maximum atomic E-state index is 13.6. The van der Waals surface area contributed by atoms with E-state index in [4.69, 9.17) is 5.11 Å². The summed E-state index contributed by atoms with van der Waals surface area (Å²) in [5.41, 5.74) is 1.22. The number of halogens is 2. The van der Waals surface area contributed by atoms with Crippen LogP contribution in [0.25, 0.3) is 0 Å². The van der Waals surface area contributed by atoms with Gasteiger partial charge in [-0.15, -0.1) is 0 Å². The van der Waals surface area contributed by atoms with Gasteiger partial charge in [-0.25, -0.2) is 9.18 Å². The molecule has 0 spiro atoms. The van der Waals surface area contributed by atoms with Gasteiger partial charge in [-0.2, -0.15) is 0 Å². The number of carbonyl (C=O) groups is 1. The fraction of sp³-hybridized carbons (Fsp3) is 0.0714. The molecule has 19 heavy (non-hydrogen) atoms. The highest BCUT2D eigenvalue weighted by Crippen LogP contribution is 2.18. The molecule has 2 N–H and O–H groups in total. The summed E-state index contributed by atoms with van der Waals surface area (Å²) in [5, 5.41) is 11.9. The van der Waals surface area contributed by atoms with Gasteiger partial charge in [0.25, 0.3) is 0 Å². The van der Waals surface area contributed by atoms with Crippen LogP contribution in [0.1, 0.15) is 15.9 Å². The van der Waals surface area contributed by atoms with Crippen LogP contribution in [-0.2, 0) is 6.54 Å². The van der Waals surface area contributed by atoms with Crippen molar-refractivity contribution in [3.8, 4) is 0 Å². The summed E-state index contributed by atoms with van der Waals surface area (Å²) >= 11 is 3.34. The molecule has 0 radical (unpaired) electrons. The van der Waals surface area contributed by atoms with Crippen LogP contribution in [0.15, 0.2) is 46.9 Å². The highest BCUT2D eigenvalue weighted by atomic mass is 79.9. The molecule has 0 saturated carbocycles. The minimum atomic E-state index is -1.07. The monoisotopic (exact) mass is 323 g/mol. The van der Waals surface area contributed by atoms with Crippen molar-refractivity contribution in [2.75, 3.05) is 5.32 Å². The molecule has 0 saturated heterocycles. The first-order chi connectivity index (χ1) is 9.06. The lowest BCUT2D eigenvalue weighted by Gasteiger charge is -2.08. The molecule has 0 heterocycles. The molecule has 0 atom stereocenters. The number of nitrogens with one attached hydrogen (secondary N) is 1. The molecule has 2 rings (SSSR count). The van der Waals surface area contributed by atoms with E-state index in [1.165, 1.54) is 18.2 Å². The number of aromatic carboxylic acids is 1. The van der Waals surface area contributed by atoms with E-state index < -0.39 is 11.8 Å². The summed E-state index contributed by atoms with van der Waals surface area (Å²) in [6.07, 6.45) is 0. The van der Waals surface area contributed by atoms with E-state index in [1.807, 2.05) is 24.3 Å². The van der Waals surface area contributed by atoms with Crippen LogP contribution in [0.2, 0.25) is 0 Å². The van der Waals surface area contributed by atoms with Crippen LogP contribution in [0.5, 0.6) is 0 Å². The zero-order valence-corrected chi connectivity index (χ0v) is 11.4. The number of carboxylic acid groups (broad SMARTS) is 1. The fourth-order valence-corrected chi connectivity index (χ4v) is 2.04. The Bertz CT molecular complexity index is 616. The Balaban J connectivity index is 2.15. The van der Waals surface area contributed by atoms with Crippen molar-refractivity contribution in [3.63, 3.8) is 0 Å². The third-order valence-corrected chi connectivity index (χ3v) is 3.09. The minimum absolute atomic E-state index is 0.0763. The van der Waals surface area contributed by atoms with Gasteiger partial charge in [0.2, 0.25) is 0 Å². The predicted octanol–water partition coefficient (Wildman–Crippen LogP) is 3.90. The van der Waals surface area contributed by atoms with Crippen LogP contribution in [0.3, 0.4) is 0 Å². The summed E-state index contributed by atoms with van der Waals surface area (Å²) in [6, 6.07) is 11.2. The van der Waals surface area contributed by atoms with Crippen LogP contribution in [-0.4, -0.2) is 11.1 Å². The van der Waals surface area contributed by atoms with E-state index in [1.54, 1.807) is 0 Å². The third kappa shape index (κ3) is 3.54. The summed E-state index contributed by atoms with van der Waals surface area (Å²) in [4.78, 5) is 10.8. The van der Waals surface area contributed by atoms with E-state index >= 15 is 0 Å². The lowest BCUT2D eigenvalue weighted by molar-refractivity contribution is 0.0696. The van der Waals surface area contributed by atoms with Crippen LogP contribution in [0, 0.1) is 5.82 Å². The zero-order chi connectivity index (χ0) is 13.8. The molecular formula is C14H11BrFNO2. The first-order valence-corrected chi connectivity index (χ1v) is 6.37. The Morgan fingerprint density at radius 3 is 2.74 bits per heavy atom. The molecule has 0 aliphatic rings. The molecule has 5 heteroatoms. The average molecular weight is 324 g/mol. The Morgan fingerprint density at radius 2 is 2.05 bits per heavy atom. The zero-order valence-electron chi connectivity index (χ0n) is 9.86. The number of benzene rings is 2. The maximum Gasteiger partial charge on any atom is 0.335 e. The molecular weight excluding hydrogens is 313 g/mol. The second kappa shape index (κ2) is 5.84. The standard InChI is InChI=1S/C14H11BrFNO2/c15-11-2-1-3-12(7-11)17-8-10-6-9(14(18)19)4-5-13(10)16/h1-7,17H,8H2,(H,18,19). The maximum absolute atomic E-state index is 13.6. The van der Waals surface area contributed by atoms with Crippen LogP contribution in [0.4, 0.5) is 10.1 Å². The molecule has 3 nitrogen and oxygen atoms in total. The van der Waals surface area contributed by atoms with Crippen molar-refractivity contribution in [1.82, 2.24) is 0 Å². The van der Waals surface area contributed by atoms with Gasteiger partial charge in [0.1, 0.15) is 5.82 Å². The molecule has 2 aromatic carbocycles. The van der Waals surface area contributed by atoms with Crippen LogP contribution >= 0.6 is 15.9 Å². The van der Waals surface area contributed by atoms with E-state index in [0.717, 1.165) is 10.2 Å². The number of hydrogen-bond acceptors (Lipinski definition) is 2. The number of hydrogen-bond donors (Lipinski definition) is 2. The second-order valence-electron chi connectivity index (χ2n) is 3.98. The molecule has 0 fully saturated rings. The Morgan fingerprint density at radius 1 is 1.26 bits per heavy atom. The molecule has 0 amide bonds. The van der Waals surface area contributed by atoms with E-state index in [0.29, 0.717) is 5.56 Å². The molecule has 0 bridgehead atoms. The van der Waals surface area contributed by atoms with Crippen molar-refractivity contribution in [2.45, 2.75) is 6.54 Å². The minimum Gasteiger partial charge on any atom is -0.478 e. The van der Waals surface area contributed by atoms with Crippen LogP contribution < -0.4 is 5.32 Å². The number of rotatable bonds is 4. The quantitative estimate of drug-likeness (QED) is 0.897. The van der Waals surface area contributed by atoms with Crippen molar-refractivity contribution >= 4 is 27.6 Å². The van der Waals surface area contributed by atoms with E-state index in [2.05, 4.69) is 21.2 Å². The van der Waals surface area contributed by atoms with Crippen molar-refractivity contribution in [3.05, 3.63) is 63.9 Å². The highest BCUT2D eigenvalue weighted by molar-refractivity contribution is 9.10. The number of carboxylic acids is 1. The highest BCUT2D eigenvalue weighted by Gasteiger charge is 2.08. The summed E-state index contributed by atoms with van der Waals surface area (Å²) < 4.78 is 14.5. The lowest BCUT2D eigenvalue weighted by Crippen LogP contribution is -2.05. The first-order valence-electron chi connectivity index (χ1n) is 5.57. The van der Waals surface area contributed by atoms with Gasteiger partial charge in [0.05, 0.1) is 5.56 Å².